The third-order valence-electron chi connectivity index (χ3n) is 4.11. The Morgan fingerprint density at radius 1 is 1.28 bits per heavy atom. The molecule has 3 N–H and O–H groups in total. The lowest BCUT2D eigenvalue weighted by Crippen LogP contribution is -2.42. The Morgan fingerprint density at radius 2 is 2.11 bits per heavy atom. The van der Waals surface area contributed by atoms with E-state index in [2.05, 4.69) is 36.5 Å². The van der Waals surface area contributed by atoms with Crippen LogP contribution in [-0.4, -0.2) is 19.1 Å². The summed E-state index contributed by atoms with van der Waals surface area (Å²) in [5, 5.41) is 3.71. The maximum absolute atomic E-state index is 5.86. The van der Waals surface area contributed by atoms with Crippen LogP contribution in [-0.2, 0) is 6.42 Å². The smallest absolute Gasteiger partial charge is 0.0107 e. The van der Waals surface area contributed by atoms with Crippen LogP contribution in [0.25, 0.3) is 0 Å². The van der Waals surface area contributed by atoms with Gasteiger partial charge in [-0.2, -0.15) is 0 Å². The monoisotopic (exact) mass is 246 g/mol. The van der Waals surface area contributed by atoms with Crippen molar-refractivity contribution >= 4 is 0 Å². The minimum Gasteiger partial charge on any atom is -0.330 e. The molecule has 2 heteroatoms. The van der Waals surface area contributed by atoms with Crippen LogP contribution >= 0.6 is 0 Å². The molecule has 1 saturated carbocycles. The van der Waals surface area contributed by atoms with Gasteiger partial charge in [-0.15, -0.1) is 0 Å². The van der Waals surface area contributed by atoms with E-state index in [0.29, 0.717) is 12.0 Å². The predicted octanol–water partition coefficient (Wildman–Crippen LogP) is 2.64. The van der Waals surface area contributed by atoms with Gasteiger partial charge in [-0.1, -0.05) is 42.7 Å². The molecule has 1 aliphatic rings. The lowest BCUT2D eigenvalue weighted by atomic mass is 9.84. The summed E-state index contributed by atoms with van der Waals surface area (Å²) in [5.41, 5.74) is 8.64. The van der Waals surface area contributed by atoms with E-state index in [-0.39, 0.29) is 0 Å². The van der Waals surface area contributed by atoms with E-state index in [1.807, 2.05) is 0 Å². The topological polar surface area (TPSA) is 38.0 Å². The number of nitrogens with two attached hydrogens (primary N) is 1. The van der Waals surface area contributed by atoms with Crippen LogP contribution in [0.5, 0.6) is 0 Å². The molecule has 0 aromatic heterocycles. The van der Waals surface area contributed by atoms with Gasteiger partial charge in [-0.3, -0.25) is 0 Å². The van der Waals surface area contributed by atoms with Gasteiger partial charge in [0.05, 0.1) is 0 Å². The maximum Gasteiger partial charge on any atom is 0.0107 e. The van der Waals surface area contributed by atoms with Crippen LogP contribution in [0.15, 0.2) is 24.3 Å². The van der Waals surface area contributed by atoms with Crippen molar-refractivity contribution in [2.45, 2.75) is 45.1 Å². The Labute approximate surface area is 111 Å². The molecular weight excluding hydrogens is 220 g/mol. The summed E-state index contributed by atoms with van der Waals surface area (Å²) in [6.45, 7) is 4.06. The van der Waals surface area contributed by atoms with Crippen molar-refractivity contribution in [3.63, 3.8) is 0 Å². The second-order valence-electron chi connectivity index (χ2n) is 5.58. The fraction of sp³-hybridized carbons (Fsp3) is 0.625. The molecule has 1 fully saturated rings. The Balaban J connectivity index is 1.77. The Morgan fingerprint density at radius 3 is 2.89 bits per heavy atom. The molecule has 0 bridgehead atoms. The van der Waals surface area contributed by atoms with Crippen LogP contribution < -0.4 is 11.1 Å². The lowest BCUT2D eigenvalue weighted by molar-refractivity contribution is 0.269. The first kappa shape index (κ1) is 13.6. The van der Waals surface area contributed by atoms with E-state index in [4.69, 9.17) is 5.73 Å². The maximum atomic E-state index is 5.86. The third-order valence-corrected chi connectivity index (χ3v) is 4.11. The van der Waals surface area contributed by atoms with Gasteiger partial charge in [0.15, 0.2) is 0 Å². The highest BCUT2D eigenvalue weighted by Crippen LogP contribution is 2.23. The van der Waals surface area contributed by atoms with E-state index < -0.39 is 0 Å². The Bertz CT molecular complexity index is 362. The van der Waals surface area contributed by atoms with Crippen molar-refractivity contribution in [1.82, 2.24) is 5.32 Å². The minimum atomic E-state index is 0.647. The molecule has 0 saturated heterocycles. The molecular formula is C16H26N2. The first-order chi connectivity index (χ1) is 8.79. The Hall–Kier alpha value is -0.860. The van der Waals surface area contributed by atoms with E-state index in [1.54, 1.807) is 0 Å². The van der Waals surface area contributed by atoms with Gasteiger partial charge in [-0.05, 0) is 50.8 Å². The average molecular weight is 246 g/mol. The first-order valence-corrected chi connectivity index (χ1v) is 7.28. The summed E-state index contributed by atoms with van der Waals surface area (Å²) in [4.78, 5) is 0. The van der Waals surface area contributed by atoms with E-state index in [9.17, 15) is 0 Å². The van der Waals surface area contributed by atoms with Crippen LogP contribution in [0.1, 0.15) is 36.8 Å². The molecule has 0 amide bonds. The summed E-state index contributed by atoms with van der Waals surface area (Å²) in [5.74, 6) is 0.691. The molecule has 100 valence electrons. The molecule has 1 aromatic carbocycles. The van der Waals surface area contributed by atoms with Crippen molar-refractivity contribution in [1.29, 1.82) is 0 Å². The molecule has 18 heavy (non-hydrogen) atoms. The van der Waals surface area contributed by atoms with E-state index in [1.165, 1.54) is 36.8 Å². The summed E-state index contributed by atoms with van der Waals surface area (Å²) in [6, 6.07) is 9.45. The fourth-order valence-corrected chi connectivity index (χ4v) is 3.03. The first-order valence-electron chi connectivity index (χ1n) is 7.28. The lowest BCUT2D eigenvalue weighted by Gasteiger charge is -2.31. The van der Waals surface area contributed by atoms with Gasteiger partial charge in [0, 0.05) is 6.04 Å². The van der Waals surface area contributed by atoms with E-state index >= 15 is 0 Å². The molecule has 2 nitrogen and oxygen atoms in total. The van der Waals surface area contributed by atoms with Crippen molar-refractivity contribution in [3.8, 4) is 0 Å². The van der Waals surface area contributed by atoms with Crippen LogP contribution in [0.4, 0.5) is 0 Å². The number of aryl methyl sites for hydroxylation is 1. The third kappa shape index (κ3) is 3.82. The van der Waals surface area contributed by atoms with Gasteiger partial charge in [-0.25, -0.2) is 0 Å². The van der Waals surface area contributed by atoms with Crippen molar-refractivity contribution in [3.05, 3.63) is 35.4 Å². The number of hydrogen-bond donors (Lipinski definition) is 2. The number of benzene rings is 1. The molecule has 0 aliphatic heterocycles. The second kappa shape index (κ2) is 6.91. The molecule has 2 rings (SSSR count). The highest BCUT2D eigenvalue weighted by atomic mass is 14.9. The zero-order chi connectivity index (χ0) is 12.8. The molecule has 0 radical (unpaired) electrons. The molecule has 1 aromatic rings. The predicted molar refractivity (Wildman–Crippen MR) is 77.7 cm³/mol. The molecule has 2 atom stereocenters. The zero-order valence-corrected chi connectivity index (χ0v) is 11.5. The zero-order valence-electron chi connectivity index (χ0n) is 11.5. The van der Waals surface area contributed by atoms with Gasteiger partial charge < -0.3 is 11.1 Å². The van der Waals surface area contributed by atoms with Crippen LogP contribution in [0.3, 0.4) is 0 Å². The highest BCUT2D eigenvalue weighted by molar-refractivity contribution is 5.22. The van der Waals surface area contributed by atoms with Gasteiger partial charge in [0.2, 0.25) is 0 Å². The highest BCUT2D eigenvalue weighted by Gasteiger charge is 2.22. The molecule has 1 aliphatic carbocycles. The summed E-state index contributed by atoms with van der Waals surface area (Å²) in [7, 11) is 0. The van der Waals surface area contributed by atoms with Crippen molar-refractivity contribution in [2.75, 3.05) is 13.1 Å². The molecule has 2 unspecified atom stereocenters. The summed E-state index contributed by atoms with van der Waals surface area (Å²) in [6.07, 6.45) is 6.44. The quantitative estimate of drug-likeness (QED) is 0.838. The van der Waals surface area contributed by atoms with E-state index in [0.717, 1.165) is 19.5 Å². The minimum absolute atomic E-state index is 0.647. The van der Waals surface area contributed by atoms with Crippen molar-refractivity contribution < 1.29 is 0 Å². The molecule has 0 spiro atoms. The Kier molecular flexibility index (Phi) is 5.21. The largest absolute Gasteiger partial charge is 0.330 e. The fourth-order valence-electron chi connectivity index (χ4n) is 3.03. The SMILES string of the molecule is Cc1cccc(CCNC2CCCCC2CN)c1. The van der Waals surface area contributed by atoms with Crippen molar-refractivity contribution in [2.24, 2.45) is 11.7 Å². The van der Waals surface area contributed by atoms with Crippen LogP contribution in [0.2, 0.25) is 0 Å². The van der Waals surface area contributed by atoms with Gasteiger partial charge in [0.25, 0.3) is 0 Å². The number of nitrogens with one attached hydrogen (secondary N) is 1. The summed E-state index contributed by atoms with van der Waals surface area (Å²) < 4.78 is 0. The normalized spacial score (nSPS) is 24.1. The average Bonchev–Trinajstić information content (AvgIpc) is 2.39. The summed E-state index contributed by atoms with van der Waals surface area (Å²) >= 11 is 0. The second-order valence-corrected chi connectivity index (χ2v) is 5.58. The van der Waals surface area contributed by atoms with Crippen LogP contribution in [0, 0.1) is 12.8 Å². The number of rotatable bonds is 5. The molecule has 0 heterocycles. The van der Waals surface area contributed by atoms with Gasteiger partial charge >= 0.3 is 0 Å². The van der Waals surface area contributed by atoms with Gasteiger partial charge in [0.1, 0.15) is 0 Å². The standard InChI is InChI=1S/C16H26N2/c1-13-5-4-6-14(11-13)9-10-18-16-8-3-2-7-15(16)12-17/h4-6,11,15-16,18H,2-3,7-10,12,17H2,1H3. The number of hydrogen-bond acceptors (Lipinski definition) is 2.